The molecule has 0 spiro atoms. The van der Waals surface area contributed by atoms with E-state index in [1.165, 1.54) is 6.08 Å². The van der Waals surface area contributed by atoms with Gasteiger partial charge >= 0.3 is 0 Å². The summed E-state index contributed by atoms with van der Waals surface area (Å²) in [5.41, 5.74) is 5.43. The lowest BCUT2D eigenvalue weighted by Gasteiger charge is -2.34. The molecule has 114 valence electrons. The SMILES string of the molecule is C=CC(=O)C(C)[N+](C)(C)CCCN.COS(=O)(=O)[O-]. The zero-order valence-corrected chi connectivity index (χ0v) is 12.8. The predicted octanol–water partition coefficient (Wildman–Crippen LogP) is -0.352. The smallest absolute Gasteiger partial charge is 0.217 e. The average Bonchev–Trinajstić information content (AvgIpc) is 2.34. The Labute approximate surface area is 115 Å². The molecule has 0 aliphatic rings. The summed E-state index contributed by atoms with van der Waals surface area (Å²) in [6, 6.07) is -0.0240. The first-order valence-corrected chi connectivity index (χ1v) is 7.05. The van der Waals surface area contributed by atoms with Gasteiger partial charge in [0.15, 0.2) is 0 Å². The Hall–Kier alpha value is -0.800. The molecule has 0 rings (SSSR count). The van der Waals surface area contributed by atoms with Gasteiger partial charge in [-0.05, 0) is 19.5 Å². The van der Waals surface area contributed by atoms with Crippen LogP contribution in [0, 0.1) is 0 Å². The molecule has 0 aliphatic carbocycles. The van der Waals surface area contributed by atoms with Crippen LogP contribution < -0.4 is 5.73 Å². The fraction of sp³-hybridized carbons (Fsp3) is 0.727. The van der Waals surface area contributed by atoms with Crippen LogP contribution in [0.4, 0.5) is 0 Å². The third-order valence-electron chi connectivity index (χ3n) is 2.80. The topological polar surface area (TPSA) is 110 Å². The summed E-state index contributed by atoms with van der Waals surface area (Å²) in [6.45, 7) is 7.03. The van der Waals surface area contributed by atoms with E-state index in [9.17, 15) is 17.8 Å². The lowest BCUT2D eigenvalue weighted by atomic mass is 10.1. The number of quaternary nitrogens is 1. The van der Waals surface area contributed by atoms with E-state index >= 15 is 0 Å². The van der Waals surface area contributed by atoms with Crippen LogP contribution in [0.1, 0.15) is 13.3 Å². The molecule has 8 heteroatoms. The van der Waals surface area contributed by atoms with Gasteiger partial charge in [0, 0.05) is 6.42 Å². The third kappa shape index (κ3) is 10.8. The summed E-state index contributed by atoms with van der Waals surface area (Å²) in [6.07, 6.45) is 2.34. The van der Waals surface area contributed by atoms with E-state index in [2.05, 4.69) is 10.8 Å². The van der Waals surface area contributed by atoms with Crippen LogP contribution in [-0.4, -0.2) is 63.6 Å². The number of hydrogen-bond acceptors (Lipinski definition) is 6. The van der Waals surface area contributed by atoms with E-state index in [-0.39, 0.29) is 11.8 Å². The molecule has 0 aromatic heterocycles. The highest BCUT2D eigenvalue weighted by atomic mass is 32.3. The molecule has 0 amide bonds. The van der Waals surface area contributed by atoms with Crippen LogP contribution in [0.5, 0.6) is 0 Å². The maximum atomic E-state index is 11.4. The Kier molecular flexibility index (Phi) is 9.89. The van der Waals surface area contributed by atoms with Gasteiger partial charge in [-0.15, -0.1) is 0 Å². The Morgan fingerprint density at radius 1 is 1.53 bits per heavy atom. The fourth-order valence-electron chi connectivity index (χ4n) is 1.21. The van der Waals surface area contributed by atoms with Gasteiger partial charge in [-0.1, -0.05) is 6.58 Å². The first-order valence-electron chi connectivity index (χ1n) is 5.72. The summed E-state index contributed by atoms with van der Waals surface area (Å²) >= 11 is 0. The van der Waals surface area contributed by atoms with E-state index in [0.717, 1.165) is 20.1 Å². The molecule has 0 bridgehead atoms. The van der Waals surface area contributed by atoms with Gasteiger partial charge < -0.3 is 14.8 Å². The van der Waals surface area contributed by atoms with E-state index in [4.69, 9.17) is 5.73 Å². The molecule has 1 unspecified atom stereocenters. The molecule has 0 aromatic carbocycles. The van der Waals surface area contributed by atoms with Crippen molar-refractivity contribution in [3.63, 3.8) is 0 Å². The summed E-state index contributed by atoms with van der Waals surface area (Å²) in [5.74, 6) is 0.0991. The maximum Gasteiger partial charge on any atom is 0.217 e. The van der Waals surface area contributed by atoms with Crippen molar-refractivity contribution in [2.24, 2.45) is 5.73 Å². The first kappa shape index (κ1) is 20.5. The van der Waals surface area contributed by atoms with Crippen LogP contribution >= 0.6 is 0 Å². The molecule has 1 atom stereocenters. The minimum Gasteiger partial charge on any atom is -0.726 e. The largest absolute Gasteiger partial charge is 0.726 e. The number of hydrogen-bond donors (Lipinski definition) is 1. The predicted molar refractivity (Wildman–Crippen MR) is 72.0 cm³/mol. The summed E-state index contributed by atoms with van der Waals surface area (Å²) in [4.78, 5) is 11.4. The van der Waals surface area contributed by atoms with Crippen molar-refractivity contribution in [2.75, 3.05) is 34.3 Å². The second kappa shape index (κ2) is 9.16. The Morgan fingerprint density at radius 3 is 2.21 bits per heavy atom. The molecule has 7 nitrogen and oxygen atoms in total. The highest BCUT2D eigenvalue weighted by Crippen LogP contribution is 2.08. The van der Waals surface area contributed by atoms with Crippen molar-refractivity contribution in [3.8, 4) is 0 Å². The monoisotopic (exact) mass is 296 g/mol. The second-order valence-electron chi connectivity index (χ2n) is 4.50. The third-order valence-corrected chi connectivity index (χ3v) is 3.21. The van der Waals surface area contributed by atoms with E-state index in [1.807, 2.05) is 21.0 Å². The van der Waals surface area contributed by atoms with Gasteiger partial charge in [0.05, 0.1) is 27.7 Å². The van der Waals surface area contributed by atoms with Crippen molar-refractivity contribution >= 4 is 16.2 Å². The molecule has 19 heavy (non-hydrogen) atoms. The fourth-order valence-corrected chi connectivity index (χ4v) is 1.21. The first-order chi connectivity index (χ1) is 8.51. The highest BCUT2D eigenvalue weighted by molar-refractivity contribution is 7.80. The molecule has 0 saturated carbocycles. The molecule has 2 N–H and O–H groups in total. The van der Waals surface area contributed by atoms with Crippen molar-refractivity contribution in [1.29, 1.82) is 0 Å². The van der Waals surface area contributed by atoms with Gasteiger partial charge in [-0.3, -0.25) is 8.98 Å². The molecule has 0 heterocycles. The summed E-state index contributed by atoms with van der Waals surface area (Å²) < 4.78 is 31.7. The molecule has 0 fully saturated rings. The van der Waals surface area contributed by atoms with Gasteiger partial charge in [-0.2, -0.15) is 0 Å². The number of likely N-dealkylation sites (N-methyl/N-ethyl adjacent to an activating group) is 1. The lowest BCUT2D eigenvalue weighted by Crippen LogP contribution is -2.51. The van der Waals surface area contributed by atoms with Crippen molar-refractivity contribution in [3.05, 3.63) is 12.7 Å². The van der Waals surface area contributed by atoms with Crippen LogP contribution in [-0.2, 0) is 19.4 Å². The van der Waals surface area contributed by atoms with Gasteiger partial charge in [0.2, 0.25) is 16.2 Å². The van der Waals surface area contributed by atoms with Crippen LogP contribution in [0.15, 0.2) is 12.7 Å². The van der Waals surface area contributed by atoms with E-state index < -0.39 is 10.4 Å². The second-order valence-corrected chi connectivity index (χ2v) is 5.65. The normalized spacial score (nSPS) is 13.2. The Morgan fingerprint density at radius 2 is 1.95 bits per heavy atom. The number of nitrogens with zero attached hydrogens (tertiary/aromatic N) is 1. The zero-order chi connectivity index (χ0) is 15.7. The maximum absolute atomic E-state index is 11.4. The average molecular weight is 296 g/mol. The molecule has 0 aliphatic heterocycles. The zero-order valence-electron chi connectivity index (χ0n) is 12.0. The number of carbonyl (C=O) groups is 1. The Balaban J connectivity index is 0. The lowest BCUT2D eigenvalue weighted by molar-refractivity contribution is -0.903. The number of nitrogens with two attached hydrogens (primary N) is 1. The van der Waals surface area contributed by atoms with E-state index in [0.29, 0.717) is 11.0 Å². The molecule has 0 radical (unpaired) electrons. The summed E-state index contributed by atoms with van der Waals surface area (Å²) in [5, 5.41) is 0. The van der Waals surface area contributed by atoms with Gasteiger partial charge in [0.25, 0.3) is 0 Å². The van der Waals surface area contributed by atoms with Crippen LogP contribution in [0.25, 0.3) is 0 Å². The highest BCUT2D eigenvalue weighted by Gasteiger charge is 2.27. The van der Waals surface area contributed by atoms with Crippen molar-refractivity contribution in [2.45, 2.75) is 19.4 Å². The van der Waals surface area contributed by atoms with Crippen LogP contribution in [0.3, 0.4) is 0 Å². The number of carbonyl (C=O) groups excluding carboxylic acids is 1. The summed E-state index contributed by atoms with van der Waals surface area (Å²) in [7, 11) is 0.483. The Bertz CT molecular complexity index is 379. The minimum atomic E-state index is -4.41. The molecular weight excluding hydrogens is 272 g/mol. The van der Waals surface area contributed by atoms with Gasteiger partial charge in [0.1, 0.15) is 6.04 Å². The van der Waals surface area contributed by atoms with Crippen LogP contribution in [0.2, 0.25) is 0 Å². The number of rotatable bonds is 7. The molecular formula is C11H24N2O5S. The standard InChI is InChI=1S/C10H21N2O.CH4O4S/c1-5-10(13)9(2)12(3,4)8-6-7-11;1-5-6(2,3)4/h5,9H,1,6-8,11H2,2-4H3;1H3,(H,2,3,4)/q+1;/p-1. The van der Waals surface area contributed by atoms with Crippen molar-refractivity contribution in [1.82, 2.24) is 0 Å². The quantitative estimate of drug-likeness (QED) is 0.297. The molecule has 0 saturated heterocycles. The van der Waals surface area contributed by atoms with Gasteiger partial charge in [-0.25, -0.2) is 8.42 Å². The number of ketones is 1. The molecule has 0 aromatic rings. The van der Waals surface area contributed by atoms with E-state index in [1.54, 1.807) is 0 Å². The minimum absolute atomic E-state index is 0.0240. The van der Waals surface area contributed by atoms with Crippen molar-refractivity contribution < 1.29 is 26.4 Å².